The molecule has 4 rings (SSSR count). The van der Waals surface area contributed by atoms with Crippen LogP contribution in [-0.4, -0.2) is 43.1 Å². The maximum Gasteiger partial charge on any atom is 0.259 e. The number of benzene rings is 3. The Morgan fingerprint density at radius 2 is 1.71 bits per heavy atom. The smallest absolute Gasteiger partial charge is 0.259 e. The third kappa shape index (κ3) is 4.65. The highest BCUT2D eigenvalue weighted by Crippen LogP contribution is 2.36. The topological polar surface area (TPSA) is 84.9 Å². The highest BCUT2D eigenvalue weighted by atomic mass is 32.2. The number of carbonyl (C=O) groups excluding carboxylic acids is 2. The zero-order valence-electron chi connectivity index (χ0n) is 19.2. The molecule has 8 heteroatoms. The average molecular weight is 479 g/mol. The maximum absolute atomic E-state index is 13.7. The van der Waals surface area contributed by atoms with Gasteiger partial charge in [0.25, 0.3) is 11.8 Å². The SMILES string of the molecule is COC(CNC(=O)c1ccc2c(c1)N(Cc1ccccc1C)C(=O)c1ccccc1[S@]2=O)OC. The third-order valence-electron chi connectivity index (χ3n) is 5.82. The van der Waals surface area contributed by atoms with Crippen LogP contribution >= 0.6 is 0 Å². The molecular weight excluding hydrogens is 452 g/mol. The molecule has 0 bridgehead atoms. The summed E-state index contributed by atoms with van der Waals surface area (Å²) in [5, 5.41) is 2.77. The maximum atomic E-state index is 13.7. The summed E-state index contributed by atoms with van der Waals surface area (Å²) < 4.78 is 23.8. The van der Waals surface area contributed by atoms with Crippen LogP contribution < -0.4 is 10.2 Å². The van der Waals surface area contributed by atoms with E-state index >= 15 is 0 Å². The summed E-state index contributed by atoms with van der Waals surface area (Å²) in [7, 11) is 1.40. The molecule has 7 nitrogen and oxygen atoms in total. The summed E-state index contributed by atoms with van der Waals surface area (Å²) in [6, 6.07) is 19.6. The monoisotopic (exact) mass is 478 g/mol. The Kier molecular flexibility index (Phi) is 7.21. The first-order valence-electron chi connectivity index (χ1n) is 10.8. The van der Waals surface area contributed by atoms with E-state index in [2.05, 4.69) is 5.32 Å². The first-order chi connectivity index (χ1) is 16.4. The van der Waals surface area contributed by atoms with Crippen LogP contribution in [0.3, 0.4) is 0 Å². The molecule has 0 spiro atoms. The number of nitrogens with one attached hydrogen (secondary N) is 1. The number of amides is 2. The third-order valence-corrected chi connectivity index (χ3v) is 7.32. The lowest BCUT2D eigenvalue weighted by Gasteiger charge is -2.24. The van der Waals surface area contributed by atoms with Gasteiger partial charge in [-0.25, -0.2) is 4.21 Å². The second kappa shape index (κ2) is 10.3. The van der Waals surface area contributed by atoms with Gasteiger partial charge in [-0.15, -0.1) is 0 Å². The summed E-state index contributed by atoms with van der Waals surface area (Å²) in [6.45, 7) is 2.42. The Morgan fingerprint density at radius 3 is 2.44 bits per heavy atom. The Morgan fingerprint density at radius 1 is 1.00 bits per heavy atom. The van der Waals surface area contributed by atoms with Crippen LogP contribution in [-0.2, 0) is 26.8 Å². The summed E-state index contributed by atoms with van der Waals surface area (Å²) >= 11 is 0. The number of hydrogen-bond acceptors (Lipinski definition) is 5. The number of fused-ring (bicyclic) bond motifs is 2. The molecule has 0 aliphatic carbocycles. The number of rotatable bonds is 7. The molecule has 176 valence electrons. The molecular formula is C26H26N2O5S. The quantitative estimate of drug-likeness (QED) is 0.524. The lowest BCUT2D eigenvalue weighted by Crippen LogP contribution is -2.34. The fourth-order valence-corrected chi connectivity index (χ4v) is 5.21. The van der Waals surface area contributed by atoms with Crippen molar-refractivity contribution in [3.05, 3.63) is 89.0 Å². The van der Waals surface area contributed by atoms with E-state index in [4.69, 9.17) is 9.47 Å². The minimum atomic E-state index is -1.58. The van der Waals surface area contributed by atoms with E-state index in [1.54, 1.807) is 47.4 Å². The van der Waals surface area contributed by atoms with Crippen LogP contribution in [0.2, 0.25) is 0 Å². The molecule has 1 atom stereocenters. The lowest BCUT2D eigenvalue weighted by molar-refractivity contribution is -0.0974. The van der Waals surface area contributed by atoms with Crippen molar-refractivity contribution in [1.29, 1.82) is 0 Å². The van der Waals surface area contributed by atoms with Gasteiger partial charge >= 0.3 is 0 Å². The first kappa shape index (κ1) is 23.8. The van der Waals surface area contributed by atoms with Crippen molar-refractivity contribution in [3.63, 3.8) is 0 Å². The molecule has 3 aromatic rings. The van der Waals surface area contributed by atoms with Gasteiger partial charge < -0.3 is 19.7 Å². The molecule has 2 amide bonds. The Labute approximate surface area is 201 Å². The highest BCUT2D eigenvalue weighted by Gasteiger charge is 2.31. The van der Waals surface area contributed by atoms with Gasteiger partial charge in [0.15, 0.2) is 6.29 Å². The highest BCUT2D eigenvalue weighted by molar-refractivity contribution is 7.85. The van der Waals surface area contributed by atoms with E-state index in [0.717, 1.165) is 11.1 Å². The number of anilines is 1. The van der Waals surface area contributed by atoms with Crippen LogP contribution in [0.25, 0.3) is 0 Å². The number of hydrogen-bond donors (Lipinski definition) is 1. The van der Waals surface area contributed by atoms with Crippen molar-refractivity contribution in [2.24, 2.45) is 0 Å². The predicted octanol–water partition coefficient (Wildman–Crippen LogP) is 3.67. The van der Waals surface area contributed by atoms with Crippen LogP contribution in [0.5, 0.6) is 0 Å². The standard InChI is InChI=1S/C26H26N2O5S/c1-17-8-4-5-9-19(17)16-28-21-14-18(25(29)27-15-24(32-2)33-3)12-13-23(21)34(31)22-11-7-6-10-20(22)26(28)30/h4-14,24H,15-16H2,1-3H3,(H,27,29)/t34-/m1/s1. The lowest BCUT2D eigenvalue weighted by atomic mass is 10.1. The van der Waals surface area contributed by atoms with Gasteiger partial charge in [0.2, 0.25) is 0 Å². The van der Waals surface area contributed by atoms with Gasteiger partial charge in [-0.3, -0.25) is 9.59 Å². The number of methoxy groups -OCH3 is 2. The Balaban J connectivity index is 1.78. The Bertz CT molecular complexity index is 1260. The van der Waals surface area contributed by atoms with Gasteiger partial charge in [0, 0.05) is 19.8 Å². The number of nitrogens with zero attached hydrogens (tertiary/aromatic N) is 1. The molecule has 0 saturated carbocycles. The van der Waals surface area contributed by atoms with Gasteiger partial charge in [-0.05, 0) is 48.4 Å². The normalized spacial score (nSPS) is 15.0. The van der Waals surface area contributed by atoms with E-state index in [1.165, 1.54) is 14.2 Å². The number of aryl methyl sites for hydroxylation is 1. The zero-order valence-corrected chi connectivity index (χ0v) is 20.1. The van der Waals surface area contributed by atoms with Crippen LogP contribution in [0.15, 0.2) is 76.5 Å². The molecule has 34 heavy (non-hydrogen) atoms. The van der Waals surface area contributed by atoms with Crippen molar-refractivity contribution in [2.75, 3.05) is 25.7 Å². The van der Waals surface area contributed by atoms with E-state index in [-0.39, 0.29) is 24.9 Å². The second-order valence-electron chi connectivity index (χ2n) is 7.88. The van der Waals surface area contributed by atoms with E-state index in [1.807, 2.05) is 31.2 Å². The van der Waals surface area contributed by atoms with Crippen molar-refractivity contribution in [3.8, 4) is 0 Å². The summed E-state index contributed by atoms with van der Waals surface area (Å²) in [6.07, 6.45) is -0.578. The van der Waals surface area contributed by atoms with Crippen molar-refractivity contribution < 1.29 is 23.3 Å². The largest absolute Gasteiger partial charge is 0.354 e. The van der Waals surface area contributed by atoms with E-state index in [0.29, 0.717) is 26.6 Å². The van der Waals surface area contributed by atoms with Crippen LogP contribution in [0.4, 0.5) is 5.69 Å². The van der Waals surface area contributed by atoms with E-state index < -0.39 is 17.1 Å². The second-order valence-corrected chi connectivity index (χ2v) is 9.29. The average Bonchev–Trinajstić information content (AvgIpc) is 2.95. The fourth-order valence-electron chi connectivity index (χ4n) is 3.86. The number of carbonyl (C=O) groups is 2. The van der Waals surface area contributed by atoms with Crippen LogP contribution in [0.1, 0.15) is 31.8 Å². The van der Waals surface area contributed by atoms with Crippen molar-refractivity contribution >= 4 is 28.3 Å². The van der Waals surface area contributed by atoms with Gasteiger partial charge in [0.05, 0.1) is 44.9 Å². The summed E-state index contributed by atoms with van der Waals surface area (Å²) in [5.41, 5.74) is 3.18. The molecule has 0 radical (unpaired) electrons. The van der Waals surface area contributed by atoms with Crippen molar-refractivity contribution in [2.45, 2.75) is 29.5 Å². The minimum absolute atomic E-state index is 0.159. The van der Waals surface area contributed by atoms with E-state index in [9.17, 15) is 13.8 Å². The molecule has 0 unspecified atom stereocenters. The summed E-state index contributed by atoms with van der Waals surface area (Å²) in [5.74, 6) is -0.611. The molecule has 1 heterocycles. The molecule has 3 aromatic carbocycles. The minimum Gasteiger partial charge on any atom is -0.354 e. The molecule has 0 fully saturated rings. The molecule has 1 aliphatic rings. The van der Waals surface area contributed by atoms with Gasteiger partial charge in [-0.2, -0.15) is 0 Å². The Hall–Kier alpha value is -3.33. The fraction of sp³-hybridized carbons (Fsp3) is 0.231. The number of ether oxygens (including phenoxy) is 2. The predicted molar refractivity (Wildman–Crippen MR) is 129 cm³/mol. The molecule has 1 aliphatic heterocycles. The zero-order chi connectivity index (χ0) is 24.2. The van der Waals surface area contributed by atoms with Crippen molar-refractivity contribution in [1.82, 2.24) is 5.32 Å². The first-order valence-corrected chi connectivity index (χ1v) is 11.9. The van der Waals surface area contributed by atoms with Crippen LogP contribution in [0, 0.1) is 6.92 Å². The van der Waals surface area contributed by atoms with Gasteiger partial charge in [-0.1, -0.05) is 36.4 Å². The molecule has 0 aromatic heterocycles. The molecule has 0 saturated heterocycles. The summed E-state index contributed by atoms with van der Waals surface area (Å²) in [4.78, 5) is 29.1. The van der Waals surface area contributed by atoms with Gasteiger partial charge in [0.1, 0.15) is 0 Å². The molecule has 1 N–H and O–H groups in total.